The van der Waals surface area contributed by atoms with Crippen molar-refractivity contribution < 1.29 is 14.6 Å². The third-order valence-corrected chi connectivity index (χ3v) is 5.98. The molecule has 1 atom stereocenters. The fourth-order valence-corrected chi connectivity index (χ4v) is 4.31. The van der Waals surface area contributed by atoms with E-state index in [0.29, 0.717) is 6.54 Å². The molecule has 3 N–H and O–H groups in total. The molecule has 1 aliphatic heterocycles. The molecular weight excluding hydrogens is 404 g/mol. The Morgan fingerprint density at radius 2 is 2.00 bits per heavy atom. The van der Waals surface area contributed by atoms with Gasteiger partial charge in [-0.1, -0.05) is 18.2 Å². The molecule has 1 fully saturated rings. The van der Waals surface area contributed by atoms with Crippen molar-refractivity contribution in [3.8, 4) is 5.75 Å². The van der Waals surface area contributed by atoms with Crippen LogP contribution >= 0.6 is 0 Å². The van der Waals surface area contributed by atoms with Crippen molar-refractivity contribution in [3.63, 3.8) is 0 Å². The van der Waals surface area contributed by atoms with Crippen LogP contribution in [0.5, 0.6) is 5.75 Å². The Hall–Kier alpha value is -3.00. The number of benzene rings is 2. The average Bonchev–Trinajstić information content (AvgIpc) is 2.84. The molecule has 2 heterocycles. The number of para-hydroxylation sites is 1. The van der Waals surface area contributed by atoms with Crippen LogP contribution in [-0.4, -0.2) is 60.2 Å². The Morgan fingerprint density at radius 1 is 1.22 bits per heavy atom. The molecular formula is C25H30N4O3. The molecule has 2 aromatic carbocycles. The smallest absolute Gasteiger partial charge is 0.238 e. The maximum Gasteiger partial charge on any atom is 0.238 e. The summed E-state index contributed by atoms with van der Waals surface area (Å²) in [6, 6.07) is 17.2. The van der Waals surface area contributed by atoms with Crippen molar-refractivity contribution in [3.05, 3.63) is 66.4 Å². The third-order valence-electron chi connectivity index (χ3n) is 5.98. The SMILES string of the molecule is COc1ccc2nccc([C@H](O)CN(CC(=O)Nc3ccccc3)C3CCNCC3)c2c1. The van der Waals surface area contributed by atoms with Crippen LogP contribution < -0.4 is 15.4 Å². The summed E-state index contributed by atoms with van der Waals surface area (Å²) in [4.78, 5) is 19.3. The number of carbonyl (C=O) groups is 1. The quantitative estimate of drug-likeness (QED) is 0.505. The molecule has 0 radical (unpaired) electrons. The number of aromatic nitrogens is 1. The average molecular weight is 435 g/mol. The van der Waals surface area contributed by atoms with Gasteiger partial charge in [0.25, 0.3) is 0 Å². The van der Waals surface area contributed by atoms with E-state index in [1.807, 2.05) is 54.6 Å². The zero-order valence-electron chi connectivity index (χ0n) is 18.3. The highest BCUT2D eigenvalue weighted by molar-refractivity contribution is 5.92. The number of piperidine rings is 1. The highest BCUT2D eigenvalue weighted by atomic mass is 16.5. The lowest BCUT2D eigenvalue weighted by molar-refractivity contribution is -0.118. The lowest BCUT2D eigenvalue weighted by atomic mass is 10.0. The highest BCUT2D eigenvalue weighted by Gasteiger charge is 2.26. The first-order chi connectivity index (χ1) is 15.6. The van der Waals surface area contributed by atoms with Crippen LogP contribution in [-0.2, 0) is 4.79 Å². The van der Waals surface area contributed by atoms with Gasteiger partial charge in [0, 0.05) is 29.9 Å². The van der Waals surface area contributed by atoms with Gasteiger partial charge in [0.05, 0.1) is 25.3 Å². The zero-order chi connectivity index (χ0) is 22.3. The number of nitrogens with one attached hydrogen (secondary N) is 2. The van der Waals surface area contributed by atoms with Gasteiger partial charge in [-0.2, -0.15) is 0 Å². The van der Waals surface area contributed by atoms with Crippen molar-refractivity contribution in [2.75, 3.05) is 38.6 Å². The van der Waals surface area contributed by atoms with Crippen LogP contribution in [0.3, 0.4) is 0 Å². The van der Waals surface area contributed by atoms with Gasteiger partial charge in [-0.15, -0.1) is 0 Å². The first kappa shape index (κ1) is 22.2. The summed E-state index contributed by atoms with van der Waals surface area (Å²) in [7, 11) is 1.62. The Kier molecular flexibility index (Phi) is 7.32. The van der Waals surface area contributed by atoms with Gasteiger partial charge in [-0.05, 0) is 67.9 Å². The summed E-state index contributed by atoms with van der Waals surface area (Å²) >= 11 is 0. The van der Waals surface area contributed by atoms with Gasteiger partial charge >= 0.3 is 0 Å². The van der Waals surface area contributed by atoms with E-state index in [1.54, 1.807) is 13.3 Å². The maximum absolute atomic E-state index is 12.8. The molecule has 4 rings (SSSR count). The summed E-state index contributed by atoms with van der Waals surface area (Å²) in [5.74, 6) is 0.639. The molecule has 3 aromatic rings. The number of carbonyl (C=O) groups excluding carboxylic acids is 1. The second kappa shape index (κ2) is 10.5. The largest absolute Gasteiger partial charge is 0.497 e. The van der Waals surface area contributed by atoms with Gasteiger partial charge in [0.15, 0.2) is 0 Å². The lowest BCUT2D eigenvalue weighted by Crippen LogP contribution is -2.47. The molecule has 0 unspecified atom stereocenters. The molecule has 1 amide bonds. The van der Waals surface area contributed by atoms with E-state index in [4.69, 9.17) is 4.74 Å². The topological polar surface area (TPSA) is 86.7 Å². The molecule has 7 heteroatoms. The number of pyridine rings is 1. The summed E-state index contributed by atoms with van der Waals surface area (Å²) in [6.07, 6.45) is 2.84. The van der Waals surface area contributed by atoms with Crippen LogP contribution in [0.2, 0.25) is 0 Å². The molecule has 0 spiro atoms. The van der Waals surface area contributed by atoms with Gasteiger partial charge in [0.2, 0.25) is 5.91 Å². The predicted molar refractivity (Wildman–Crippen MR) is 126 cm³/mol. The zero-order valence-corrected chi connectivity index (χ0v) is 18.3. The molecule has 0 bridgehead atoms. The van der Waals surface area contributed by atoms with Crippen LogP contribution in [0.1, 0.15) is 24.5 Å². The molecule has 1 saturated heterocycles. The van der Waals surface area contributed by atoms with E-state index in [9.17, 15) is 9.90 Å². The van der Waals surface area contributed by atoms with Gasteiger partial charge in [-0.3, -0.25) is 14.7 Å². The summed E-state index contributed by atoms with van der Waals surface area (Å²) in [5.41, 5.74) is 2.37. The van der Waals surface area contributed by atoms with Crippen molar-refractivity contribution >= 4 is 22.5 Å². The number of anilines is 1. The number of nitrogens with zero attached hydrogens (tertiary/aromatic N) is 2. The Balaban J connectivity index is 1.54. The lowest BCUT2D eigenvalue weighted by Gasteiger charge is -2.35. The van der Waals surface area contributed by atoms with Crippen LogP contribution in [0.25, 0.3) is 10.9 Å². The minimum atomic E-state index is -0.757. The normalized spacial score (nSPS) is 15.6. The molecule has 1 aromatic heterocycles. The van der Waals surface area contributed by atoms with Crippen molar-refractivity contribution in [1.82, 2.24) is 15.2 Å². The van der Waals surface area contributed by atoms with Crippen molar-refractivity contribution in [2.45, 2.75) is 25.0 Å². The standard InChI is InChI=1S/C25H30N4O3/c1-32-20-7-8-23-22(15-20)21(11-14-27-23)24(30)16-29(19-9-12-26-13-10-19)17-25(31)28-18-5-3-2-4-6-18/h2-8,11,14-15,19,24,26,30H,9-10,12-13,16-17H2,1H3,(H,28,31)/t24-/m1/s1. The second-order valence-corrected chi connectivity index (χ2v) is 8.12. The number of hydrogen-bond donors (Lipinski definition) is 3. The van der Waals surface area contributed by atoms with Crippen LogP contribution in [0, 0.1) is 0 Å². The number of amides is 1. The van der Waals surface area contributed by atoms with E-state index in [-0.39, 0.29) is 18.5 Å². The number of aliphatic hydroxyl groups is 1. The molecule has 32 heavy (non-hydrogen) atoms. The first-order valence-corrected chi connectivity index (χ1v) is 11.0. The van der Waals surface area contributed by atoms with Crippen molar-refractivity contribution in [1.29, 1.82) is 0 Å². The Morgan fingerprint density at radius 3 is 2.75 bits per heavy atom. The Labute approximate surface area is 188 Å². The van der Waals surface area contributed by atoms with Crippen LogP contribution in [0.15, 0.2) is 60.8 Å². The fourth-order valence-electron chi connectivity index (χ4n) is 4.31. The molecule has 0 saturated carbocycles. The summed E-state index contributed by atoms with van der Waals surface area (Å²) < 4.78 is 5.36. The second-order valence-electron chi connectivity index (χ2n) is 8.12. The number of ether oxygens (including phenoxy) is 1. The minimum Gasteiger partial charge on any atom is -0.497 e. The molecule has 0 aliphatic carbocycles. The van der Waals surface area contributed by atoms with E-state index >= 15 is 0 Å². The fraction of sp³-hybridized carbons (Fsp3) is 0.360. The predicted octanol–water partition coefficient (Wildman–Crippen LogP) is 2.97. The number of hydrogen-bond acceptors (Lipinski definition) is 6. The van der Waals surface area contributed by atoms with Gasteiger partial charge in [0.1, 0.15) is 5.75 Å². The molecule has 1 aliphatic rings. The third kappa shape index (κ3) is 5.43. The monoisotopic (exact) mass is 434 g/mol. The highest BCUT2D eigenvalue weighted by Crippen LogP contribution is 2.28. The van der Waals surface area contributed by atoms with Crippen LogP contribution in [0.4, 0.5) is 5.69 Å². The van der Waals surface area contributed by atoms with Gasteiger partial charge < -0.3 is 20.5 Å². The number of fused-ring (bicyclic) bond motifs is 1. The van der Waals surface area contributed by atoms with E-state index in [2.05, 4.69) is 20.5 Å². The number of rotatable bonds is 8. The maximum atomic E-state index is 12.8. The molecule has 7 nitrogen and oxygen atoms in total. The van der Waals surface area contributed by atoms with Crippen molar-refractivity contribution in [2.24, 2.45) is 0 Å². The number of aliphatic hydroxyl groups excluding tert-OH is 1. The number of methoxy groups -OCH3 is 1. The minimum absolute atomic E-state index is 0.0804. The Bertz CT molecular complexity index is 1040. The van der Waals surface area contributed by atoms with E-state index in [1.165, 1.54) is 0 Å². The van der Waals surface area contributed by atoms with E-state index < -0.39 is 6.10 Å². The summed E-state index contributed by atoms with van der Waals surface area (Å²) in [5, 5.41) is 18.4. The molecule has 168 valence electrons. The summed E-state index contributed by atoms with van der Waals surface area (Å²) in [6.45, 7) is 2.41. The van der Waals surface area contributed by atoms with E-state index in [0.717, 1.165) is 53.8 Å². The first-order valence-electron chi connectivity index (χ1n) is 11.0. The van der Waals surface area contributed by atoms with Gasteiger partial charge in [-0.25, -0.2) is 0 Å².